The van der Waals surface area contributed by atoms with E-state index in [9.17, 15) is 9.18 Å². The molecule has 2 heterocycles. The van der Waals surface area contributed by atoms with Crippen LogP contribution in [-0.2, 0) is 0 Å². The minimum absolute atomic E-state index is 0.257. The molecule has 0 aliphatic rings. The standard InChI is InChI=1S/C19H19FN6O/c1-13-6-7-21-17(10-13)26-18-11-16(24-12-25-18)22-8-9-23-19(27)14-2-4-15(20)5-3-14/h2-7,10-12H,8-9H2,1H3,(H,23,27)(H2,21,22,24,25,26). The molecule has 3 N–H and O–H groups in total. The van der Waals surface area contributed by atoms with Crippen molar-refractivity contribution in [1.82, 2.24) is 20.3 Å². The Hall–Kier alpha value is -3.55. The zero-order valence-electron chi connectivity index (χ0n) is 14.7. The Kier molecular flexibility index (Phi) is 5.88. The molecule has 7 nitrogen and oxygen atoms in total. The van der Waals surface area contributed by atoms with Crippen LogP contribution in [0.4, 0.5) is 21.8 Å². The van der Waals surface area contributed by atoms with Gasteiger partial charge >= 0.3 is 0 Å². The number of rotatable bonds is 7. The largest absolute Gasteiger partial charge is 0.368 e. The molecular formula is C19H19FN6O. The number of aromatic nitrogens is 3. The lowest BCUT2D eigenvalue weighted by atomic mass is 10.2. The highest BCUT2D eigenvalue weighted by Crippen LogP contribution is 2.14. The van der Waals surface area contributed by atoms with Gasteiger partial charge in [-0.3, -0.25) is 4.79 Å². The van der Waals surface area contributed by atoms with E-state index in [-0.39, 0.29) is 11.7 Å². The Morgan fingerprint density at radius 2 is 1.70 bits per heavy atom. The number of halogens is 1. The van der Waals surface area contributed by atoms with Gasteiger partial charge in [0.05, 0.1) is 0 Å². The summed E-state index contributed by atoms with van der Waals surface area (Å²) in [4.78, 5) is 24.5. The SMILES string of the molecule is Cc1ccnc(Nc2cc(NCCNC(=O)c3ccc(F)cc3)ncn2)c1. The number of carbonyl (C=O) groups excluding carboxylic acids is 1. The fraction of sp³-hybridized carbons (Fsp3) is 0.158. The Balaban J connectivity index is 1.48. The van der Waals surface area contributed by atoms with E-state index >= 15 is 0 Å². The molecule has 27 heavy (non-hydrogen) atoms. The first-order chi connectivity index (χ1) is 13.1. The van der Waals surface area contributed by atoms with Gasteiger partial charge in [0, 0.05) is 30.9 Å². The average molecular weight is 366 g/mol. The van der Waals surface area contributed by atoms with E-state index in [1.165, 1.54) is 30.6 Å². The van der Waals surface area contributed by atoms with Gasteiger partial charge in [0.25, 0.3) is 5.91 Å². The summed E-state index contributed by atoms with van der Waals surface area (Å²) in [6, 6.07) is 11.0. The van der Waals surface area contributed by atoms with Crippen LogP contribution in [0.5, 0.6) is 0 Å². The van der Waals surface area contributed by atoms with Crippen molar-refractivity contribution >= 4 is 23.4 Å². The van der Waals surface area contributed by atoms with Gasteiger partial charge in [-0.1, -0.05) is 0 Å². The maximum Gasteiger partial charge on any atom is 0.251 e. The number of hydrogen-bond donors (Lipinski definition) is 3. The fourth-order valence-electron chi connectivity index (χ4n) is 2.33. The van der Waals surface area contributed by atoms with E-state index in [0.29, 0.717) is 36.1 Å². The highest BCUT2D eigenvalue weighted by Gasteiger charge is 2.05. The van der Waals surface area contributed by atoms with Gasteiger partial charge in [-0.05, 0) is 48.9 Å². The normalized spacial score (nSPS) is 10.3. The van der Waals surface area contributed by atoms with Gasteiger partial charge in [-0.15, -0.1) is 0 Å². The summed E-state index contributed by atoms with van der Waals surface area (Å²) in [7, 11) is 0. The third-order valence-corrected chi connectivity index (χ3v) is 3.66. The van der Waals surface area contributed by atoms with Crippen LogP contribution in [0, 0.1) is 12.7 Å². The van der Waals surface area contributed by atoms with Crippen molar-refractivity contribution in [3.63, 3.8) is 0 Å². The molecule has 0 spiro atoms. The van der Waals surface area contributed by atoms with E-state index in [1.807, 2.05) is 19.1 Å². The van der Waals surface area contributed by atoms with E-state index in [1.54, 1.807) is 12.3 Å². The summed E-state index contributed by atoms with van der Waals surface area (Å²) in [5, 5.41) is 8.99. The van der Waals surface area contributed by atoms with Crippen LogP contribution < -0.4 is 16.0 Å². The monoisotopic (exact) mass is 366 g/mol. The predicted octanol–water partition coefficient (Wildman–Crippen LogP) is 2.90. The first-order valence-corrected chi connectivity index (χ1v) is 8.39. The minimum atomic E-state index is -0.373. The van der Waals surface area contributed by atoms with Crippen molar-refractivity contribution in [2.75, 3.05) is 23.7 Å². The lowest BCUT2D eigenvalue weighted by Gasteiger charge is -2.09. The number of carbonyl (C=O) groups is 1. The molecule has 0 radical (unpaired) electrons. The zero-order chi connectivity index (χ0) is 19.1. The van der Waals surface area contributed by atoms with Gasteiger partial charge in [0.15, 0.2) is 0 Å². The van der Waals surface area contributed by atoms with Crippen LogP contribution >= 0.6 is 0 Å². The van der Waals surface area contributed by atoms with Crippen LogP contribution in [0.15, 0.2) is 55.0 Å². The summed E-state index contributed by atoms with van der Waals surface area (Å²) in [6.45, 7) is 2.86. The second-order valence-corrected chi connectivity index (χ2v) is 5.82. The number of pyridine rings is 1. The van der Waals surface area contributed by atoms with Crippen LogP contribution in [0.25, 0.3) is 0 Å². The molecule has 3 aromatic rings. The molecule has 0 fully saturated rings. The number of nitrogens with one attached hydrogen (secondary N) is 3. The summed E-state index contributed by atoms with van der Waals surface area (Å²) in [6.07, 6.45) is 3.17. The molecule has 0 bridgehead atoms. The molecule has 2 aromatic heterocycles. The molecule has 1 amide bonds. The Morgan fingerprint density at radius 3 is 2.48 bits per heavy atom. The van der Waals surface area contributed by atoms with E-state index in [2.05, 4.69) is 30.9 Å². The van der Waals surface area contributed by atoms with Crippen molar-refractivity contribution in [2.45, 2.75) is 6.92 Å². The lowest BCUT2D eigenvalue weighted by Crippen LogP contribution is -2.28. The second kappa shape index (κ2) is 8.70. The Morgan fingerprint density at radius 1 is 0.963 bits per heavy atom. The van der Waals surface area contributed by atoms with Crippen molar-refractivity contribution in [3.8, 4) is 0 Å². The van der Waals surface area contributed by atoms with Crippen LogP contribution in [0.3, 0.4) is 0 Å². The molecule has 138 valence electrons. The van der Waals surface area contributed by atoms with Crippen LogP contribution in [-0.4, -0.2) is 33.9 Å². The third kappa shape index (κ3) is 5.46. The lowest BCUT2D eigenvalue weighted by molar-refractivity contribution is 0.0955. The van der Waals surface area contributed by atoms with Crippen LogP contribution in [0.2, 0.25) is 0 Å². The zero-order valence-corrected chi connectivity index (χ0v) is 14.7. The number of aryl methyl sites for hydroxylation is 1. The maximum atomic E-state index is 12.9. The number of amides is 1. The molecule has 8 heteroatoms. The summed E-state index contributed by atoms with van der Waals surface area (Å²) < 4.78 is 12.9. The quantitative estimate of drug-likeness (QED) is 0.557. The maximum absolute atomic E-state index is 12.9. The second-order valence-electron chi connectivity index (χ2n) is 5.82. The summed E-state index contributed by atoms with van der Waals surface area (Å²) >= 11 is 0. The molecule has 1 aromatic carbocycles. The molecule has 0 unspecified atom stereocenters. The molecule has 0 atom stereocenters. The summed E-state index contributed by atoms with van der Waals surface area (Å²) in [5.74, 6) is 1.30. The van der Waals surface area contributed by atoms with Crippen molar-refractivity contribution in [2.24, 2.45) is 0 Å². The molecule has 0 saturated heterocycles. The number of nitrogens with zero attached hydrogens (tertiary/aromatic N) is 3. The van der Waals surface area contributed by atoms with E-state index < -0.39 is 0 Å². The average Bonchev–Trinajstić information content (AvgIpc) is 2.66. The first-order valence-electron chi connectivity index (χ1n) is 8.39. The van der Waals surface area contributed by atoms with Crippen molar-refractivity contribution in [1.29, 1.82) is 0 Å². The topological polar surface area (TPSA) is 91.8 Å². The molecule has 0 aliphatic heterocycles. The van der Waals surface area contributed by atoms with Crippen molar-refractivity contribution in [3.05, 3.63) is 71.9 Å². The minimum Gasteiger partial charge on any atom is -0.368 e. The molecular weight excluding hydrogens is 347 g/mol. The van der Waals surface area contributed by atoms with E-state index in [0.717, 1.165) is 5.56 Å². The number of anilines is 3. The first kappa shape index (κ1) is 18.2. The van der Waals surface area contributed by atoms with Gasteiger partial charge < -0.3 is 16.0 Å². The van der Waals surface area contributed by atoms with E-state index in [4.69, 9.17) is 0 Å². The van der Waals surface area contributed by atoms with Gasteiger partial charge in [0.1, 0.15) is 29.6 Å². The summed E-state index contributed by atoms with van der Waals surface area (Å²) in [5.41, 5.74) is 1.51. The molecule has 3 rings (SSSR count). The third-order valence-electron chi connectivity index (χ3n) is 3.66. The Labute approximate surface area is 156 Å². The fourth-order valence-corrected chi connectivity index (χ4v) is 2.33. The highest BCUT2D eigenvalue weighted by atomic mass is 19.1. The number of benzene rings is 1. The molecule has 0 aliphatic carbocycles. The van der Waals surface area contributed by atoms with Crippen molar-refractivity contribution < 1.29 is 9.18 Å². The van der Waals surface area contributed by atoms with Gasteiger partial charge in [-0.25, -0.2) is 19.3 Å². The molecule has 0 saturated carbocycles. The van der Waals surface area contributed by atoms with Gasteiger partial charge in [-0.2, -0.15) is 0 Å². The highest BCUT2D eigenvalue weighted by molar-refractivity contribution is 5.94. The number of hydrogen-bond acceptors (Lipinski definition) is 6. The van der Waals surface area contributed by atoms with Gasteiger partial charge in [0.2, 0.25) is 0 Å². The predicted molar refractivity (Wildman–Crippen MR) is 102 cm³/mol. The smallest absolute Gasteiger partial charge is 0.251 e. The van der Waals surface area contributed by atoms with Crippen LogP contribution in [0.1, 0.15) is 15.9 Å². The Bertz CT molecular complexity index is 916.